The van der Waals surface area contributed by atoms with Crippen molar-refractivity contribution in [3.05, 3.63) is 120 Å². The van der Waals surface area contributed by atoms with Crippen LogP contribution in [0.25, 0.3) is 10.8 Å². The number of anilines is 3. The first-order valence-corrected chi connectivity index (χ1v) is 19.9. The van der Waals surface area contributed by atoms with Crippen LogP contribution < -0.4 is 11.1 Å². The van der Waals surface area contributed by atoms with E-state index in [1.165, 1.54) is 18.2 Å². The highest BCUT2D eigenvalue weighted by Crippen LogP contribution is 2.44. The van der Waals surface area contributed by atoms with Gasteiger partial charge in [-0.05, 0) is 89.7 Å². The standard InChI is InChI=1S/C35H28N6O11S3/c36-28-19-27(53(44,45)46)15-22-16-32(55(50,51)52)34(35(43)33(22)28)41-39-26-11-8-21(31(18-26)54(47,48)49)14-20-6-9-24(10-7-20)38-40-29-13-12-25(17-30(29)42)37-23-4-2-1-3-5-23/h1-13,15-19,37,42-43H,14,36H2,(H,44,45,46)(H,47,48,49)(H,50,51,52)/b40-38+,41-39+. The summed E-state index contributed by atoms with van der Waals surface area (Å²) in [7, 11) is -14.8. The number of nitrogens with zero attached hydrogens (tertiary/aromatic N) is 4. The monoisotopic (exact) mass is 804 g/mol. The molecule has 0 bridgehead atoms. The number of phenols is 2. The van der Waals surface area contributed by atoms with E-state index in [1.54, 1.807) is 36.4 Å². The lowest BCUT2D eigenvalue weighted by atomic mass is 10.0. The van der Waals surface area contributed by atoms with Crippen LogP contribution >= 0.6 is 0 Å². The molecule has 0 atom stereocenters. The van der Waals surface area contributed by atoms with Gasteiger partial charge in [0, 0.05) is 28.5 Å². The van der Waals surface area contributed by atoms with Gasteiger partial charge in [0.2, 0.25) is 0 Å². The van der Waals surface area contributed by atoms with Crippen molar-refractivity contribution in [2.45, 2.75) is 21.1 Å². The summed E-state index contributed by atoms with van der Waals surface area (Å²) in [5.74, 6) is -1.04. The van der Waals surface area contributed by atoms with Gasteiger partial charge in [0.25, 0.3) is 30.4 Å². The number of nitrogens with one attached hydrogen (secondary N) is 1. The molecule has 55 heavy (non-hydrogen) atoms. The fourth-order valence-corrected chi connectivity index (χ4v) is 7.37. The van der Waals surface area contributed by atoms with Gasteiger partial charge in [-0.25, -0.2) is 0 Å². The summed E-state index contributed by atoms with van der Waals surface area (Å²) in [6, 6.07) is 26.6. The molecular formula is C35H28N6O11S3. The van der Waals surface area contributed by atoms with Gasteiger partial charge in [0.05, 0.1) is 21.2 Å². The van der Waals surface area contributed by atoms with Crippen molar-refractivity contribution in [1.82, 2.24) is 0 Å². The fourth-order valence-electron chi connectivity index (χ4n) is 5.42. The third-order valence-corrected chi connectivity index (χ3v) is 10.6. The SMILES string of the molecule is Nc1cc(S(=O)(=O)O)cc2cc(S(=O)(=O)O)c(/N=N/c3ccc(Cc4ccc(/N=N/c5ccc(Nc6ccccc6)cc5O)cc4)c(S(=O)(=O)O)c3)c(O)c12. The molecule has 0 fully saturated rings. The maximum atomic E-state index is 12.4. The highest BCUT2D eigenvalue weighted by molar-refractivity contribution is 7.86. The van der Waals surface area contributed by atoms with E-state index < -0.39 is 62.2 Å². The van der Waals surface area contributed by atoms with Gasteiger partial charge in [-0.1, -0.05) is 36.4 Å². The van der Waals surface area contributed by atoms with Gasteiger partial charge in [-0.3, -0.25) is 13.7 Å². The van der Waals surface area contributed by atoms with Crippen LogP contribution in [0.5, 0.6) is 11.5 Å². The van der Waals surface area contributed by atoms with Gasteiger partial charge in [-0.15, -0.1) is 10.2 Å². The largest absolute Gasteiger partial charge is 0.506 e. The molecule has 0 spiro atoms. The molecule has 0 radical (unpaired) electrons. The first kappa shape index (κ1) is 38.4. The third-order valence-electron chi connectivity index (χ3n) is 7.97. The summed E-state index contributed by atoms with van der Waals surface area (Å²) >= 11 is 0. The van der Waals surface area contributed by atoms with Crippen molar-refractivity contribution < 1.29 is 49.1 Å². The molecule has 6 aromatic carbocycles. The molecule has 6 rings (SSSR count). The zero-order valence-electron chi connectivity index (χ0n) is 27.9. The van der Waals surface area contributed by atoms with Crippen LogP contribution in [0, 0.1) is 0 Å². The lowest BCUT2D eigenvalue weighted by Gasteiger charge is -2.12. The Balaban J connectivity index is 1.24. The van der Waals surface area contributed by atoms with E-state index in [0.29, 0.717) is 16.9 Å². The molecular weight excluding hydrogens is 777 g/mol. The van der Waals surface area contributed by atoms with Crippen molar-refractivity contribution in [3.63, 3.8) is 0 Å². The molecule has 0 saturated heterocycles. The summed E-state index contributed by atoms with van der Waals surface area (Å²) in [5, 5.41) is 39.7. The number of nitrogen functional groups attached to an aromatic ring is 1. The lowest BCUT2D eigenvalue weighted by Crippen LogP contribution is -2.03. The number of aromatic hydroxyl groups is 2. The summed E-state index contributed by atoms with van der Waals surface area (Å²) in [5.41, 5.74) is 7.29. The van der Waals surface area contributed by atoms with Crippen molar-refractivity contribution >= 4 is 80.9 Å². The first-order chi connectivity index (χ1) is 25.9. The second-order valence-corrected chi connectivity index (χ2v) is 16.0. The second kappa shape index (κ2) is 14.9. The first-order valence-electron chi connectivity index (χ1n) is 15.6. The molecule has 8 N–H and O–H groups in total. The minimum absolute atomic E-state index is 0.00380. The number of phenolic OH excluding ortho intramolecular Hbond substituents is 2. The maximum Gasteiger partial charge on any atom is 0.296 e. The zero-order valence-corrected chi connectivity index (χ0v) is 30.3. The summed E-state index contributed by atoms with van der Waals surface area (Å²) in [4.78, 5) is -2.30. The Morgan fingerprint density at radius 1 is 0.600 bits per heavy atom. The Morgan fingerprint density at radius 3 is 1.89 bits per heavy atom. The molecule has 0 amide bonds. The fraction of sp³-hybridized carbons (Fsp3) is 0.0286. The molecule has 0 saturated carbocycles. The second-order valence-electron chi connectivity index (χ2n) is 11.8. The number of rotatable bonds is 11. The van der Waals surface area contributed by atoms with Crippen LogP contribution in [0.15, 0.2) is 144 Å². The lowest BCUT2D eigenvalue weighted by molar-refractivity contribution is 0.472. The van der Waals surface area contributed by atoms with Crippen molar-refractivity contribution in [3.8, 4) is 11.5 Å². The molecule has 282 valence electrons. The van der Waals surface area contributed by atoms with Crippen LogP contribution in [0.1, 0.15) is 11.1 Å². The number of hydrogen-bond donors (Lipinski definition) is 7. The molecule has 0 aliphatic heterocycles. The number of para-hydroxylation sites is 1. The van der Waals surface area contributed by atoms with Crippen molar-refractivity contribution in [2.75, 3.05) is 11.1 Å². The number of fused-ring (bicyclic) bond motifs is 1. The molecule has 0 aliphatic rings. The quantitative estimate of drug-likeness (QED) is 0.0375. The Bertz CT molecular complexity index is 2870. The van der Waals surface area contributed by atoms with E-state index in [9.17, 15) is 49.1 Å². The Morgan fingerprint density at radius 2 is 1.25 bits per heavy atom. The number of azo groups is 2. The molecule has 17 nitrogen and oxygen atoms in total. The van der Waals surface area contributed by atoms with Gasteiger partial charge in [0.1, 0.15) is 22.0 Å². The van der Waals surface area contributed by atoms with Crippen molar-refractivity contribution in [2.24, 2.45) is 20.5 Å². The van der Waals surface area contributed by atoms with E-state index >= 15 is 0 Å². The van der Waals surface area contributed by atoms with Crippen LogP contribution in [-0.2, 0) is 36.8 Å². The van der Waals surface area contributed by atoms with E-state index in [4.69, 9.17) is 5.73 Å². The van der Waals surface area contributed by atoms with Crippen LogP contribution in [-0.4, -0.2) is 49.1 Å². The predicted molar refractivity (Wildman–Crippen MR) is 201 cm³/mol. The summed E-state index contributed by atoms with van der Waals surface area (Å²) in [6.45, 7) is 0. The highest BCUT2D eigenvalue weighted by atomic mass is 32.2. The van der Waals surface area contributed by atoms with Crippen molar-refractivity contribution in [1.29, 1.82) is 0 Å². The van der Waals surface area contributed by atoms with E-state index in [-0.39, 0.29) is 39.9 Å². The average Bonchev–Trinajstić information content (AvgIpc) is 3.11. The summed E-state index contributed by atoms with van der Waals surface area (Å²) < 4.78 is 102. The van der Waals surface area contributed by atoms with Gasteiger partial charge in [0.15, 0.2) is 5.75 Å². The topological polar surface area (TPSA) is 291 Å². The smallest absolute Gasteiger partial charge is 0.296 e. The third kappa shape index (κ3) is 8.92. The maximum absolute atomic E-state index is 12.4. The normalized spacial score (nSPS) is 12.5. The van der Waals surface area contributed by atoms with Gasteiger partial charge < -0.3 is 21.3 Å². The molecule has 0 aliphatic carbocycles. The number of nitrogens with two attached hydrogens (primary N) is 1. The Kier molecular flexibility index (Phi) is 10.4. The Labute approximate surface area is 313 Å². The minimum Gasteiger partial charge on any atom is -0.506 e. The number of hydrogen-bond acceptors (Lipinski definition) is 14. The highest BCUT2D eigenvalue weighted by Gasteiger charge is 2.25. The molecule has 0 unspecified atom stereocenters. The molecule has 0 heterocycles. The van der Waals surface area contributed by atoms with E-state index in [1.807, 2.05) is 30.3 Å². The summed E-state index contributed by atoms with van der Waals surface area (Å²) in [6.07, 6.45) is 0.00380. The van der Waals surface area contributed by atoms with Gasteiger partial charge in [-0.2, -0.15) is 35.5 Å². The van der Waals surface area contributed by atoms with Gasteiger partial charge >= 0.3 is 0 Å². The predicted octanol–water partition coefficient (Wildman–Crippen LogP) is 7.74. The molecule has 20 heteroatoms. The zero-order chi connectivity index (χ0) is 39.7. The number of benzene rings is 6. The molecule has 6 aromatic rings. The van der Waals surface area contributed by atoms with E-state index in [0.717, 1.165) is 30.0 Å². The minimum atomic E-state index is -5.15. The van der Waals surface area contributed by atoms with E-state index in [2.05, 4.69) is 25.8 Å². The van der Waals surface area contributed by atoms with Crippen LogP contribution in [0.2, 0.25) is 0 Å². The Hall–Kier alpha value is -6.29. The van der Waals surface area contributed by atoms with Crippen LogP contribution in [0.4, 0.5) is 39.8 Å². The van der Waals surface area contributed by atoms with Crippen LogP contribution in [0.3, 0.4) is 0 Å². The average molecular weight is 805 g/mol. The molecule has 0 aromatic heterocycles.